The number of nitrogens with one attached hydrogen (secondary N) is 1. The molecular formula is C20H22FN3O3. The first-order valence-electron chi connectivity index (χ1n) is 8.95. The maximum atomic E-state index is 14.0. The Kier molecular flexibility index (Phi) is 5.81. The van der Waals surface area contributed by atoms with Crippen LogP contribution in [0.3, 0.4) is 0 Å². The summed E-state index contributed by atoms with van der Waals surface area (Å²) in [6.07, 6.45) is 1.77. The third kappa shape index (κ3) is 4.68. The highest BCUT2D eigenvalue weighted by atomic mass is 19.1. The van der Waals surface area contributed by atoms with Crippen LogP contribution in [0.2, 0.25) is 0 Å². The Morgan fingerprint density at radius 3 is 2.78 bits per heavy atom. The van der Waals surface area contributed by atoms with Crippen LogP contribution in [0.1, 0.15) is 34.3 Å². The molecule has 1 aliphatic rings. The van der Waals surface area contributed by atoms with E-state index in [9.17, 15) is 19.3 Å². The molecule has 1 saturated heterocycles. The summed E-state index contributed by atoms with van der Waals surface area (Å²) in [4.78, 5) is 25.1. The van der Waals surface area contributed by atoms with Gasteiger partial charge in [-0.15, -0.1) is 0 Å². The SMILES string of the molecule is Cc1c(F)cc(C(=O)NC2CCCN(Cc3ccccc3)C2)cc1[N+](=O)[O-]. The van der Waals surface area contributed by atoms with Crippen molar-refractivity contribution in [1.82, 2.24) is 10.2 Å². The summed E-state index contributed by atoms with van der Waals surface area (Å²) in [5, 5.41) is 13.9. The van der Waals surface area contributed by atoms with Gasteiger partial charge in [0.1, 0.15) is 5.82 Å². The van der Waals surface area contributed by atoms with Gasteiger partial charge in [-0.2, -0.15) is 0 Å². The van der Waals surface area contributed by atoms with Crippen LogP contribution in [-0.2, 0) is 6.54 Å². The highest BCUT2D eigenvalue weighted by Gasteiger charge is 2.24. The minimum absolute atomic E-state index is 0.0232. The Morgan fingerprint density at radius 2 is 2.07 bits per heavy atom. The highest BCUT2D eigenvalue weighted by Crippen LogP contribution is 2.23. The van der Waals surface area contributed by atoms with E-state index < -0.39 is 16.6 Å². The van der Waals surface area contributed by atoms with Crippen molar-refractivity contribution in [2.45, 2.75) is 32.4 Å². The second-order valence-electron chi connectivity index (χ2n) is 6.89. The van der Waals surface area contributed by atoms with Crippen LogP contribution < -0.4 is 5.32 Å². The fraction of sp³-hybridized carbons (Fsp3) is 0.350. The fourth-order valence-electron chi connectivity index (χ4n) is 3.41. The lowest BCUT2D eigenvalue weighted by Crippen LogP contribution is -2.47. The third-order valence-corrected chi connectivity index (χ3v) is 4.87. The first-order valence-corrected chi connectivity index (χ1v) is 8.95. The number of piperidine rings is 1. The monoisotopic (exact) mass is 371 g/mol. The average Bonchev–Trinajstić information content (AvgIpc) is 2.64. The number of halogens is 1. The van der Waals surface area contributed by atoms with Crippen LogP contribution in [0.5, 0.6) is 0 Å². The Balaban J connectivity index is 1.66. The van der Waals surface area contributed by atoms with Gasteiger partial charge in [0.2, 0.25) is 0 Å². The molecule has 3 rings (SSSR count). The van der Waals surface area contributed by atoms with Gasteiger partial charge in [-0.05, 0) is 37.9 Å². The summed E-state index contributed by atoms with van der Waals surface area (Å²) in [6, 6.07) is 12.2. The zero-order valence-electron chi connectivity index (χ0n) is 15.2. The predicted molar refractivity (Wildman–Crippen MR) is 100.0 cm³/mol. The second kappa shape index (κ2) is 8.26. The molecule has 0 aromatic heterocycles. The zero-order chi connectivity index (χ0) is 19.4. The number of nitro groups is 1. The Morgan fingerprint density at radius 1 is 1.33 bits per heavy atom. The molecule has 1 amide bonds. The van der Waals surface area contributed by atoms with E-state index in [0.29, 0.717) is 6.54 Å². The Hall–Kier alpha value is -2.80. The zero-order valence-corrected chi connectivity index (χ0v) is 15.2. The summed E-state index contributed by atoms with van der Waals surface area (Å²) >= 11 is 0. The molecule has 1 atom stereocenters. The van der Waals surface area contributed by atoms with Gasteiger partial charge >= 0.3 is 0 Å². The summed E-state index contributed by atoms with van der Waals surface area (Å²) in [5.41, 5.74) is 0.739. The number of carbonyl (C=O) groups is 1. The normalized spacial score (nSPS) is 17.5. The number of nitro benzene ring substituents is 1. The number of hydrogen-bond acceptors (Lipinski definition) is 4. The van der Waals surface area contributed by atoms with Crippen molar-refractivity contribution >= 4 is 11.6 Å². The molecule has 27 heavy (non-hydrogen) atoms. The van der Waals surface area contributed by atoms with Crippen molar-refractivity contribution in [3.05, 3.63) is 75.1 Å². The number of likely N-dealkylation sites (tertiary alicyclic amines) is 1. The van der Waals surface area contributed by atoms with E-state index in [-0.39, 0.29) is 22.9 Å². The molecule has 1 unspecified atom stereocenters. The number of hydrogen-bond donors (Lipinski definition) is 1. The largest absolute Gasteiger partial charge is 0.348 e. The van der Waals surface area contributed by atoms with Gasteiger partial charge in [-0.25, -0.2) is 4.39 Å². The number of nitrogens with zero attached hydrogens (tertiary/aromatic N) is 2. The van der Waals surface area contributed by atoms with Crippen LogP contribution in [0, 0.1) is 22.9 Å². The van der Waals surface area contributed by atoms with Gasteiger partial charge < -0.3 is 5.32 Å². The van der Waals surface area contributed by atoms with Crippen LogP contribution in [-0.4, -0.2) is 34.9 Å². The second-order valence-corrected chi connectivity index (χ2v) is 6.89. The topological polar surface area (TPSA) is 75.5 Å². The molecule has 0 radical (unpaired) electrons. The van der Waals surface area contributed by atoms with Crippen molar-refractivity contribution in [2.24, 2.45) is 0 Å². The lowest BCUT2D eigenvalue weighted by Gasteiger charge is -2.33. The van der Waals surface area contributed by atoms with E-state index in [1.807, 2.05) is 18.2 Å². The Labute approximate surface area is 157 Å². The smallest absolute Gasteiger partial charge is 0.276 e. The molecule has 2 aromatic carbocycles. The first kappa shape index (κ1) is 19.0. The quantitative estimate of drug-likeness (QED) is 0.645. The molecule has 142 valence electrons. The molecule has 6 nitrogen and oxygen atoms in total. The Bertz CT molecular complexity index is 842. The van der Waals surface area contributed by atoms with E-state index in [4.69, 9.17) is 0 Å². The van der Waals surface area contributed by atoms with Gasteiger partial charge in [-0.3, -0.25) is 19.8 Å². The molecule has 1 heterocycles. The van der Waals surface area contributed by atoms with Crippen molar-refractivity contribution in [3.8, 4) is 0 Å². The van der Waals surface area contributed by atoms with Gasteiger partial charge in [0.25, 0.3) is 11.6 Å². The summed E-state index contributed by atoms with van der Waals surface area (Å²) in [6.45, 7) is 3.78. The summed E-state index contributed by atoms with van der Waals surface area (Å²) in [5.74, 6) is -1.23. The average molecular weight is 371 g/mol. The van der Waals surface area contributed by atoms with Gasteiger partial charge in [0.05, 0.1) is 10.5 Å². The van der Waals surface area contributed by atoms with Gasteiger partial charge in [0.15, 0.2) is 0 Å². The van der Waals surface area contributed by atoms with Crippen molar-refractivity contribution in [1.29, 1.82) is 0 Å². The number of amides is 1. The molecule has 7 heteroatoms. The number of rotatable bonds is 5. The summed E-state index contributed by atoms with van der Waals surface area (Å²) in [7, 11) is 0. The molecule has 0 saturated carbocycles. The lowest BCUT2D eigenvalue weighted by atomic mass is 10.0. The molecule has 0 bridgehead atoms. The van der Waals surface area contributed by atoms with Crippen LogP contribution in [0.25, 0.3) is 0 Å². The fourth-order valence-corrected chi connectivity index (χ4v) is 3.41. The van der Waals surface area contributed by atoms with E-state index >= 15 is 0 Å². The molecule has 1 fully saturated rings. The molecule has 2 aromatic rings. The molecule has 1 N–H and O–H groups in total. The lowest BCUT2D eigenvalue weighted by molar-refractivity contribution is -0.385. The highest BCUT2D eigenvalue weighted by molar-refractivity contribution is 5.95. The maximum absolute atomic E-state index is 14.0. The third-order valence-electron chi connectivity index (χ3n) is 4.87. The number of carbonyl (C=O) groups excluding carboxylic acids is 1. The minimum atomic E-state index is -0.747. The standard InChI is InChI=1S/C20H22FN3O3/c1-14-18(21)10-16(11-19(14)24(26)27)20(25)22-17-8-5-9-23(13-17)12-15-6-3-2-4-7-15/h2-4,6-7,10-11,17H,5,8-9,12-13H2,1H3,(H,22,25). The van der Waals surface area contributed by atoms with E-state index in [2.05, 4.69) is 22.3 Å². The first-order chi connectivity index (χ1) is 12.9. The predicted octanol–water partition coefficient (Wildman–Crippen LogP) is 3.44. The maximum Gasteiger partial charge on any atom is 0.276 e. The van der Waals surface area contributed by atoms with E-state index in [1.165, 1.54) is 12.5 Å². The van der Waals surface area contributed by atoms with Crippen LogP contribution in [0.15, 0.2) is 42.5 Å². The van der Waals surface area contributed by atoms with Crippen molar-refractivity contribution in [3.63, 3.8) is 0 Å². The molecular weight excluding hydrogens is 349 g/mol. The molecule has 1 aliphatic heterocycles. The van der Waals surface area contributed by atoms with E-state index in [1.54, 1.807) is 0 Å². The van der Waals surface area contributed by atoms with Gasteiger partial charge in [0, 0.05) is 30.8 Å². The number of benzene rings is 2. The van der Waals surface area contributed by atoms with Crippen LogP contribution in [0.4, 0.5) is 10.1 Å². The minimum Gasteiger partial charge on any atom is -0.348 e. The summed E-state index contributed by atoms with van der Waals surface area (Å²) < 4.78 is 14.0. The van der Waals surface area contributed by atoms with Crippen LogP contribution >= 0.6 is 0 Å². The molecule has 0 aliphatic carbocycles. The van der Waals surface area contributed by atoms with Crippen molar-refractivity contribution in [2.75, 3.05) is 13.1 Å². The van der Waals surface area contributed by atoms with E-state index in [0.717, 1.165) is 38.1 Å². The molecule has 0 spiro atoms. The van der Waals surface area contributed by atoms with Gasteiger partial charge in [-0.1, -0.05) is 30.3 Å². The van der Waals surface area contributed by atoms with Crippen molar-refractivity contribution < 1.29 is 14.1 Å².